The lowest BCUT2D eigenvalue weighted by Gasteiger charge is -2.32. The van der Waals surface area contributed by atoms with Crippen molar-refractivity contribution < 1.29 is 50.5 Å². The van der Waals surface area contributed by atoms with Gasteiger partial charge in [-0.05, 0) is 37.3 Å². The van der Waals surface area contributed by atoms with Crippen LogP contribution in [0.5, 0.6) is 0 Å². The summed E-state index contributed by atoms with van der Waals surface area (Å²) in [7, 11) is -3.29. The number of hydrogen-bond donors (Lipinski definition) is 1. The predicted octanol–water partition coefficient (Wildman–Crippen LogP) is 3.54. The molecule has 1 saturated heterocycles. The van der Waals surface area contributed by atoms with Crippen LogP contribution in [0.1, 0.15) is 18.2 Å². The molecule has 2 heterocycles. The SMILES string of the molecule is COC(=O)OC(C)ON=[N+]([O-])N1CC(C(=O)NS(=O)(=O)c2ccc(-n3nc(C(F)(F)F)cc3-c3ccc(C)cc3)cc2)C1. The maximum Gasteiger partial charge on any atom is 0.511 e. The van der Waals surface area contributed by atoms with E-state index in [0.717, 1.165) is 40.6 Å². The van der Waals surface area contributed by atoms with E-state index < -0.39 is 46.2 Å². The first-order chi connectivity index (χ1) is 20.2. The van der Waals surface area contributed by atoms with Gasteiger partial charge in [-0.2, -0.15) is 18.3 Å². The van der Waals surface area contributed by atoms with Gasteiger partial charge in [-0.3, -0.25) is 9.63 Å². The number of amides is 1. The molecule has 1 aliphatic rings. The molecular weight excluding hydrogens is 601 g/mol. The van der Waals surface area contributed by atoms with E-state index in [1.807, 2.05) is 11.6 Å². The minimum Gasteiger partial charge on any atom is -0.569 e. The lowest BCUT2D eigenvalue weighted by molar-refractivity contribution is -0.727. The van der Waals surface area contributed by atoms with Gasteiger partial charge in [0.25, 0.3) is 16.3 Å². The van der Waals surface area contributed by atoms with Crippen molar-refractivity contribution in [2.24, 2.45) is 11.2 Å². The molecule has 0 radical (unpaired) electrons. The normalized spacial score (nSPS) is 14.9. The van der Waals surface area contributed by atoms with Crippen LogP contribution in [0, 0.1) is 18.0 Å². The fraction of sp³-hybridized carbons (Fsp3) is 0.320. The summed E-state index contributed by atoms with van der Waals surface area (Å²) in [6, 6.07) is 12.4. The summed E-state index contributed by atoms with van der Waals surface area (Å²) in [4.78, 5) is 27.9. The third-order valence-corrected chi connectivity index (χ3v) is 7.51. The van der Waals surface area contributed by atoms with Gasteiger partial charge in [-0.15, -0.1) is 5.01 Å². The van der Waals surface area contributed by atoms with Gasteiger partial charge in [0.2, 0.25) is 11.2 Å². The number of aromatic nitrogens is 2. The molecule has 1 N–H and O–H groups in total. The number of carbonyl (C=O) groups excluding carboxylic acids is 2. The highest BCUT2D eigenvalue weighted by Gasteiger charge is 2.40. The first kappa shape index (κ1) is 31.1. The summed E-state index contributed by atoms with van der Waals surface area (Å²) in [6.07, 6.45) is -7.01. The molecule has 2 aromatic carbocycles. The third kappa shape index (κ3) is 7.32. The zero-order valence-electron chi connectivity index (χ0n) is 22.8. The van der Waals surface area contributed by atoms with Crippen molar-refractivity contribution in [1.82, 2.24) is 19.5 Å². The molecule has 1 amide bonds. The Morgan fingerprint density at radius 1 is 1.14 bits per heavy atom. The van der Waals surface area contributed by atoms with E-state index >= 15 is 0 Å². The number of hydrazine groups is 1. The van der Waals surface area contributed by atoms with Gasteiger partial charge in [0, 0.05) is 12.5 Å². The van der Waals surface area contributed by atoms with Crippen LogP contribution >= 0.6 is 0 Å². The number of carbonyl (C=O) groups is 2. The molecule has 43 heavy (non-hydrogen) atoms. The summed E-state index contributed by atoms with van der Waals surface area (Å²) in [5, 5.41) is 19.8. The summed E-state index contributed by atoms with van der Waals surface area (Å²) in [5.41, 5.74) is 0.539. The standard InChI is InChI=1S/C25H25F3N6O8S/c1-15-4-6-17(7-5-15)21-12-22(25(26,27)28)29-33(21)19-8-10-20(11-9-19)43(38,39)30-23(35)18-13-32(14-18)34(37)31-42-16(2)41-24(36)40-3/h4-12,16,18H,13-14H2,1-3H3,(H,30,35). The Balaban J connectivity index is 1.42. The van der Waals surface area contributed by atoms with E-state index in [1.165, 1.54) is 19.1 Å². The van der Waals surface area contributed by atoms with Crippen LogP contribution in [0.2, 0.25) is 0 Å². The number of halogens is 3. The maximum absolute atomic E-state index is 13.5. The highest BCUT2D eigenvalue weighted by Crippen LogP contribution is 2.33. The number of hydrogen-bond acceptors (Lipinski definition) is 10. The number of aryl methyl sites for hydroxylation is 1. The van der Waals surface area contributed by atoms with Crippen molar-refractivity contribution in [3.63, 3.8) is 0 Å². The fourth-order valence-electron chi connectivity index (χ4n) is 3.81. The molecule has 0 aliphatic carbocycles. The molecule has 18 heteroatoms. The molecule has 1 unspecified atom stereocenters. The van der Waals surface area contributed by atoms with Gasteiger partial charge in [0.05, 0.1) is 47.4 Å². The van der Waals surface area contributed by atoms with Crippen molar-refractivity contribution in [3.05, 3.63) is 71.1 Å². The average Bonchev–Trinajstić information content (AvgIpc) is 3.37. The van der Waals surface area contributed by atoms with Gasteiger partial charge >= 0.3 is 12.3 Å². The number of nitrogens with zero attached hydrogens (tertiary/aromatic N) is 5. The van der Waals surface area contributed by atoms with E-state index in [1.54, 1.807) is 24.3 Å². The van der Waals surface area contributed by atoms with Crippen LogP contribution in [-0.2, 0) is 35.3 Å². The lowest BCUT2D eigenvalue weighted by Crippen LogP contribution is -2.56. The quantitative estimate of drug-likeness (QED) is 0.122. The zero-order chi connectivity index (χ0) is 31.5. The molecule has 0 spiro atoms. The van der Waals surface area contributed by atoms with Crippen molar-refractivity contribution in [1.29, 1.82) is 0 Å². The summed E-state index contributed by atoms with van der Waals surface area (Å²) >= 11 is 0. The zero-order valence-corrected chi connectivity index (χ0v) is 23.6. The Labute approximate surface area is 242 Å². The average molecular weight is 627 g/mol. The van der Waals surface area contributed by atoms with E-state index in [-0.39, 0.29) is 34.3 Å². The van der Waals surface area contributed by atoms with Crippen LogP contribution in [0.4, 0.5) is 18.0 Å². The fourth-order valence-corrected chi connectivity index (χ4v) is 4.86. The Morgan fingerprint density at radius 3 is 2.35 bits per heavy atom. The predicted molar refractivity (Wildman–Crippen MR) is 139 cm³/mol. The maximum atomic E-state index is 13.5. The Hall–Kier alpha value is -4.87. The molecule has 1 aromatic heterocycles. The van der Waals surface area contributed by atoms with Gasteiger partial charge in [-0.25, -0.2) is 22.6 Å². The van der Waals surface area contributed by atoms with Crippen LogP contribution < -0.4 is 4.72 Å². The minimum atomic E-state index is -4.71. The van der Waals surface area contributed by atoms with Crippen LogP contribution in [0.25, 0.3) is 16.9 Å². The van der Waals surface area contributed by atoms with Crippen molar-refractivity contribution in [2.45, 2.75) is 31.2 Å². The minimum absolute atomic E-state index is 0.0124. The molecular formula is C25H25F3N6O8S. The molecule has 4 rings (SSSR count). The van der Waals surface area contributed by atoms with E-state index in [0.29, 0.717) is 5.56 Å². The van der Waals surface area contributed by atoms with Crippen LogP contribution in [0.3, 0.4) is 0 Å². The smallest absolute Gasteiger partial charge is 0.511 e. The van der Waals surface area contributed by atoms with Crippen molar-refractivity contribution in [3.8, 4) is 16.9 Å². The Morgan fingerprint density at radius 2 is 1.77 bits per heavy atom. The van der Waals surface area contributed by atoms with Crippen LogP contribution in [-0.4, -0.2) is 66.7 Å². The first-order valence-electron chi connectivity index (χ1n) is 12.4. The topological polar surface area (TPSA) is 167 Å². The van der Waals surface area contributed by atoms with Gasteiger partial charge in [-0.1, -0.05) is 29.8 Å². The number of sulfonamides is 1. The molecule has 14 nitrogen and oxygen atoms in total. The number of rotatable bonds is 9. The molecule has 3 aromatic rings. The number of ether oxygens (including phenoxy) is 2. The second-order valence-corrected chi connectivity index (χ2v) is 11.0. The van der Waals surface area contributed by atoms with Crippen molar-refractivity contribution >= 4 is 22.1 Å². The van der Waals surface area contributed by atoms with E-state index in [2.05, 4.69) is 24.7 Å². The van der Waals surface area contributed by atoms with Gasteiger partial charge in [0.15, 0.2) is 5.69 Å². The second kappa shape index (κ2) is 12.2. The van der Waals surface area contributed by atoms with Gasteiger partial charge in [0.1, 0.15) is 0 Å². The molecule has 1 aliphatic heterocycles. The molecule has 0 saturated carbocycles. The van der Waals surface area contributed by atoms with Crippen molar-refractivity contribution in [2.75, 3.05) is 20.2 Å². The third-order valence-electron chi connectivity index (χ3n) is 6.14. The van der Waals surface area contributed by atoms with E-state index in [9.17, 15) is 36.4 Å². The summed E-state index contributed by atoms with van der Waals surface area (Å²) in [5.74, 6) is -1.77. The Kier molecular flexibility index (Phi) is 8.79. The Bertz CT molecular complexity index is 1620. The summed E-state index contributed by atoms with van der Waals surface area (Å²) < 4.78 is 77.8. The largest absolute Gasteiger partial charge is 0.569 e. The lowest BCUT2D eigenvalue weighted by atomic mass is 10.0. The van der Waals surface area contributed by atoms with E-state index in [4.69, 9.17) is 0 Å². The van der Waals surface area contributed by atoms with Crippen LogP contribution in [0.15, 0.2) is 64.8 Å². The molecule has 1 fully saturated rings. The monoisotopic (exact) mass is 626 g/mol. The number of nitrogens with one attached hydrogen (secondary N) is 1. The highest BCUT2D eigenvalue weighted by molar-refractivity contribution is 7.90. The molecule has 1 atom stereocenters. The summed E-state index contributed by atoms with van der Waals surface area (Å²) in [6.45, 7) is 2.73. The highest BCUT2D eigenvalue weighted by atomic mass is 32.2. The second-order valence-electron chi connectivity index (χ2n) is 9.30. The van der Waals surface area contributed by atoms with Gasteiger partial charge < -0.3 is 14.7 Å². The molecule has 230 valence electrons. The number of benzene rings is 2. The number of alkyl halides is 3. The number of methoxy groups -OCH3 is 1. The molecule has 0 bridgehead atoms. The first-order valence-corrected chi connectivity index (χ1v) is 13.9.